The first kappa shape index (κ1) is 22.4. The van der Waals surface area contributed by atoms with Gasteiger partial charge in [-0.15, -0.1) is 0 Å². The molecule has 2 amide bonds. The van der Waals surface area contributed by atoms with Crippen molar-refractivity contribution >= 4 is 11.8 Å². The van der Waals surface area contributed by atoms with Crippen molar-refractivity contribution < 1.29 is 18.4 Å². The van der Waals surface area contributed by atoms with Crippen LogP contribution in [0.15, 0.2) is 0 Å². The normalized spacial score (nSPS) is 26.7. The molecule has 0 aromatic heterocycles. The molecule has 1 aliphatic carbocycles. The van der Waals surface area contributed by atoms with Crippen LogP contribution in [0, 0.1) is 11.8 Å². The molecule has 3 rings (SSSR count). The Balaban J connectivity index is 1.38. The molecule has 2 heterocycles. The Morgan fingerprint density at radius 3 is 2.07 bits per heavy atom. The summed E-state index contributed by atoms with van der Waals surface area (Å²) in [6, 6.07) is 0. The van der Waals surface area contributed by atoms with E-state index < -0.39 is 5.92 Å². The zero-order chi connectivity index (χ0) is 21.2. The Bertz CT molecular complexity index is 587. The van der Waals surface area contributed by atoms with Gasteiger partial charge in [0.05, 0.1) is 5.92 Å². The highest BCUT2D eigenvalue weighted by Gasteiger charge is 2.37. The van der Waals surface area contributed by atoms with Gasteiger partial charge in [0.2, 0.25) is 17.7 Å². The molecule has 0 radical (unpaired) electrons. The Kier molecular flexibility index (Phi) is 6.86. The number of carbonyl (C=O) groups excluding carboxylic acids is 2. The highest BCUT2D eigenvalue weighted by molar-refractivity contribution is 5.80. The van der Waals surface area contributed by atoms with Crippen LogP contribution >= 0.6 is 0 Å². The molecule has 29 heavy (non-hydrogen) atoms. The van der Waals surface area contributed by atoms with Gasteiger partial charge in [0.1, 0.15) is 0 Å². The van der Waals surface area contributed by atoms with E-state index in [0.717, 1.165) is 19.5 Å². The van der Waals surface area contributed by atoms with Crippen molar-refractivity contribution in [3.05, 3.63) is 0 Å². The second-order valence-corrected chi connectivity index (χ2v) is 10.1. The van der Waals surface area contributed by atoms with Gasteiger partial charge >= 0.3 is 0 Å². The van der Waals surface area contributed by atoms with E-state index in [1.165, 1.54) is 0 Å². The molecule has 3 aliphatic rings. The molecule has 0 aromatic carbocycles. The second kappa shape index (κ2) is 8.86. The van der Waals surface area contributed by atoms with E-state index in [4.69, 9.17) is 0 Å². The minimum atomic E-state index is -2.51. The van der Waals surface area contributed by atoms with Crippen LogP contribution in [0.5, 0.6) is 0 Å². The van der Waals surface area contributed by atoms with Gasteiger partial charge in [0, 0.05) is 57.5 Å². The molecule has 5 nitrogen and oxygen atoms in total. The highest BCUT2D eigenvalue weighted by atomic mass is 19.3. The molecule has 166 valence electrons. The fourth-order valence-corrected chi connectivity index (χ4v) is 4.88. The minimum absolute atomic E-state index is 0.0412. The Morgan fingerprint density at radius 2 is 1.52 bits per heavy atom. The van der Waals surface area contributed by atoms with Crippen molar-refractivity contribution in [1.29, 1.82) is 0 Å². The summed E-state index contributed by atoms with van der Waals surface area (Å²) in [6.45, 7) is 10.7. The van der Waals surface area contributed by atoms with E-state index in [9.17, 15) is 18.4 Å². The lowest BCUT2D eigenvalue weighted by molar-refractivity contribution is -0.142. The summed E-state index contributed by atoms with van der Waals surface area (Å²) < 4.78 is 26.5. The predicted molar refractivity (Wildman–Crippen MR) is 109 cm³/mol. The van der Waals surface area contributed by atoms with Gasteiger partial charge in [-0.3, -0.25) is 14.5 Å². The van der Waals surface area contributed by atoms with Crippen LogP contribution < -0.4 is 0 Å². The number of piperazine rings is 1. The fraction of sp³-hybridized carbons (Fsp3) is 0.909. The summed E-state index contributed by atoms with van der Waals surface area (Å²) in [7, 11) is 0. The molecular formula is C22H37F2N3O2. The summed E-state index contributed by atoms with van der Waals surface area (Å²) in [5.41, 5.74) is 0.0916. The third-order valence-corrected chi connectivity index (χ3v) is 7.03. The molecule has 1 unspecified atom stereocenters. The van der Waals surface area contributed by atoms with Gasteiger partial charge in [0.15, 0.2) is 0 Å². The largest absolute Gasteiger partial charge is 0.339 e. The Hall–Kier alpha value is -1.24. The van der Waals surface area contributed by atoms with Gasteiger partial charge in [-0.2, -0.15) is 0 Å². The monoisotopic (exact) mass is 413 g/mol. The lowest BCUT2D eigenvalue weighted by Gasteiger charge is -2.37. The Morgan fingerprint density at radius 1 is 0.931 bits per heavy atom. The maximum Gasteiger partial charge on any atom is 0.248 e. The number of alkyl halides is 2. The van der Waals surface area contributed by atoms with Crippen molar-refractivity contribution in [2.24, 2.45) is 11.8 Å². The van der Waals surface area contributed by atoms with E-state index in [2.05, 4.69) is 25.7 Å². The topological polar surface area (TPSA) is 43.9 Å². The number of rotatable bonds is 4. The SMILES string of the molecule is CC(C)(C)N1CCC(C(=O)N2CCN(C(=O)CCC3CCC(F)(F)CC3)CC2)C1. The van der Waals surface area contributed by atoms with Crippen LogP contribution in [0.1, 0.15) is 65.7 Å². The highest BCUT2D eigenvalue weighted by Crippen LogP contribution is 2.37. The molecule has 3 fully saturated rings. The van der Waals surface area contributed by atoms with Gasteiger partial charge in [-0.25, -0.2) is 8.78 Å². The Labute approximate surface area is 173 Å². The van der Waals surface area contributed by atoms with Crippen LogP contribution in [0.25, 0.3) is 0 Å². The third-order valence-electron chi connectivity index (χ3n) is 7.03. The molecule has 1 saturated carbocycles. The molecule has 1 atom stereocenters. The fourth-order valence-electron chi connectivity index (χ4n) is 4.88. The summed E-state index contributed by atoms with van der Waals surface area (Å²) in [6.07, 6.45) is 3.02. The van der Waals surface area contributed by atoms with Gasteiger partial charge in [0.25, 0.3) is 0 Å². The van der Waals surface area contributed by atoms with E-state index in [1.54, 1.807) is 0 Å². The number of hydrogen-bond donors (Lipinski definition) is 0. The van der Waals surface area contributed by atoms with Crippen LogP contribution in [-0.2, 0) is 9.59 Å². The molecule has 2 saturated heterocycles. The first-order chi connectivity index (χ1) is 13.5. The average molecular weight is 414 g/mol. The van der Waals surface area contributed by atoms with Gasteiger partial charge in [-0.05, 0) is 58.9 Å². The van der Waals surface area contributed by atoms with Crippen LogP contribution in [-0.4, -0.2) is 77.2 Å². The number of likely N-dealkylation sites (tertiary alicyclic amines) is 1. The number of amides is 2. The van der Waals surface area contributed by atoms with Crippen molar-refractivity contribution in [3.63, 3.8) is 0 Å². The molecule has 0 aromatic rings. The van der Waals surface area contributed by atoms with Crippen molar-refractivity contribution in [2.45, 2.75) is 77.2 Å². The number of carbonyl (C=O) groups is 2. The second-order valence-electron chi connectivity index (χ2n) is 10.1. The van der Waals surface area contributed by atoms with Crippen LogP contribution in [0.4, 0.5) is 8.78 Å². The van der Waals surface area contributed by atoms with Crippen LogP contribution in [0.3, 0.4) is 0 Å². The van der Waals surface area contributed by atoms with Gasteiger partial charge < -0.3 is 9.80 Å². The van der Waals surface area contributed by atoms with Crippen LogP contribution in [0.2, 0.25) is 0 Å². The van der Waals surface area contributed by atoms with Crippen molar-refractivity contribution in [3.8, 4) is 0 Å². The molecular weight excluding hydrogens is 376 g/mol. The third kappa shape index (κ3) is 5.89. The maximum absolute atomic E-state index is 13.3. The maximum atomic E-state index is 13.3. The quantitative estimate of drug-likeness (QED) is 0.710. The summed E-state index contributed by atoms with van der Waals surface area (Å²) >= 11 is 0. The van der Waals surface area contributed by atoms with E-state index in [0.29, 0.717) is 51.9 Å². The van der Waals surface area contributed by atoms with E-state index in [1.807, 2.05) is 9.80 Å². The molecule has 0 N–H and O–H groups in total. The first-order valence-electron chi connectivity index (χ1n) is 11.2. The smallest absolute Gasteiger partial charge is 0.248 e. The lowest BCUT2D eigenvalue weighted by Crippen LogP contribution is -2.52. The average Bonchev–Trinajstić information content (AvgIpc) is 3.17. The standard InChI is InChI=1S/C22H37F2N3O2/c1-21(2,3)27-11-8-18(16-27)20(29)26-14-12-25(13-15-26)19(28)5-4-17-6-9-22(23,24)10-7-17/h17-18H,4-16H2,1-3H3. The number of nitrogens with zero attached hydrogens (tertiary/aromatic N) is 3. The molecule has 0 bridgehead atoms. The molecule has 2 aliphatic heterocycles. The zero-order valence-corrected chi connectivity index (χ0v) is 18.3. The van der Waals surface area contributed by atoms with Crippen molar-refractivity contribution in [2.75, 3.05) is 39.3 Å². The van der Waals surface area contributed by atoms with Gasteiger partial charge in [-0.1, -0.05) is 0 Å². The predicted octanol–water partition coefficient (Wildman–Crippen LogP) is 3.38. The minimum Gasteiger partial charge on any atom is -0.339 e. The summed E-state index contributed by atoms with van der Waals surface area (Å²) in [5, 5.41) is 0. The first-order valence-corrected chi connectivity index (χ1v) is 11.2. The number of hydrogen-bond acceptors (Lipinski definition) is 3. The number of halogens is 2. The van der Waals surface area contributed by atoms with E-state index in [-0.39, 0.29) is 42.0 Å². The lowest BCUT2D eigenvalue weighted by atomic mass is 9.84. The summed E-state index contributed by atoms with van der Waals surface area (Å²) in [4.78, 5) is 31.5. The van der Waals surface area contributed by atoms with E-state index >= 15 is 0 Å². The summed E-state index contributed by atoms with van der Waals surface area (Å²) in [5.74, 6) is -1.86. The molecule has 0 spiro atoms. The molecule has 7 heteroatoms. The zero-order valence-electron chi connectivity index (χ0n) is 18.3. The van der Waals surface area contributed by atoms with Crippen molar-refractivity contribution in [1.82, 2.24) is 14.7 Å².